The van der Waals surface area contributed by atoms with E-state index in [1.165, 1.54) is 6.07 Å². The van der Waals surface area contributed by atoms with Crippen molar-refractivity contribution in [3.8, 4) is 0 Å². The molecule has 98 valence electrons. The third kappa shape index (κ3) is 3.24. The first kappa shape index (κ1) is 13.8. The molecule has 1 aromatic carbocycles. The fraction of sp³-hybridized carbons (Fsp3) is 0.417. The summed E-state index contributed by atoms with van der Waals surface area (Å²) in [6.45, 7) is 0.285. The van der Waals surface area contributed by atoms with E-state index in [9.17, 15) is 9.18 Å². The van der Waals surface area contributed by atoms with E-state index in [0.717, 1.165) is 16.1 Å². The molecule has 1 N–H and O–H groups in total. The van der Waals surface area contributed by atoms with Gasteiger partial charge in [0.25, 0.3) is 0 Å². The van der Waals surface area contributed by atoms with Crippen LogP contribution in [0.5, 0.6) is 0 Å². The van der Waals surface area contributed by atoms with Crippen LogP contribution in [0.3, 0.4) is 0 Å². The zero-order valence-corrected chi connectivity index (χ0v) is 12.4. The van der Waals surface area contributed by atoms with Gasteiger partial charge in [0.1, 0.15) is 5.82 Å². The van der Waals surface area contributed by atoms with Crippen LogP contribution >= 0.6 is 27.7 Å². The predicted molar refractivity (Wildman–Crippen MR) is 74.8 cm³/mol. The third-order valence-electron chi connectivity index (χ3n) is 2.81. The Morgan fingerprint density at radius 3 is 3.11 bits per heavy atom. The number of nitrogens with zero attached hydrogens (tertiary/aromatic N) is 1. The van der Waals surface area contributed by atoms with Crippen molar-refractivity contribution in [2.24, 2.45) is 0 Å². The molecular formula is C12H14BrFN2OS. The molecule has 1 amide bonds. The molecule has 1 aliphatic heterocycles. The number of halogens is 2. The first-order chi connectivity index (χ1) is 8.58. The zero-order chi connectivity index (χ0) is 13.1. The average molecular weight is 333 g/mol. The molecule has 3 nitrogen and oxygen atoms in total. The van der Waals surface area contributed by atoms with Crippen molar-refractivity contribution in [3.05, 3.63) is 34.1 Å². The number of hydrogen-bond acceptors (Lipinski definition) is 3. The van der Waals surface area contributed by atoms with Gasteiger partial charge in [-0.1, -0.05) is 15.9 Å². The lowest BCUT2D eigenvalue weighted by atomic mass is 10.2. The molecule has 18 heavy (non-hydrogen) atoms. The van der Waals surface area contributed by atoms with E-state index in [-0.39, 0.29) is 24.3 Å². The smallest absolute Gasteiger partial charge is 0.240 e. The zero-order valence-electron chi connectivity index (χ0n) is 9.95. The summed E-state index contributed by atoms with van der Waals surface area (Å²) in [7, 11) is 1.70. The number of carbonyl (C=O) groups excluding carboxylic acids is 1. The van der Waals surface area contributed by atoms with Crippen molar-refractivity contribution in [3.63, 3.8) is 0 Å². The average Bonchev–Trinajstić information content (AvgIpc) is 2.86. The van der Waals surface area contributed by atoms with Gasteiger partial charge in [0, 0.05) is 35.3 Å². The summed E-state index contributed by atoms with van der Waals surface area (Å²) in [6.07, 6.45) is 0. The molecule has 1 atom stereocenters. The van der Waals surface area contributed by atoms with Crippen molar-refractivity contribution >= 4 is 33.6 Å². The lowest BCUT2D eigenvalue weighted by Gasteiger charge is -2.21. The molecule has 1 saturated heterocycles. The predicted octanol–water partition coefficient (Wildman–Crippen LogP) is 2.21. The second-order valence-electron chi connectivity index (χ2n) is 4.20. The minimum atomic E-state index is -0.286. The van der Waals surface area contributed by atoms with Gasteiger partial charge in [-0.15, -0.1) is 11.8 Å². The van der Waals surface area contributed by atoms with Crippen molar-refractivity contribution in [2.75, 3.05) is 18.7 Å². The van der Waals surface area contributed by atoms with E-state index in [1.807, 2.05) is 0 Å². The molecule has 1 aromatic rings. The van der Waals surface area contributed by atoms with Gasteiger partial charge in [-0.05, 0) is 18.2 Å². The van der Waals surface area contributed by atoms with Gasteiger partial charge in [-0.25, -0.2) is 4.39 Å². The van der Waals surface area contributed by atoms with Crippen molar-refractivity contribution in [1.29, 1.82) is 0 Å². The highest BCUT2D eigenvalue weighted by molar-refractivity contribution is 9.10. The molecule has 1 aliphatic rings. The monoisotopic (exact) mass is 332 g/mol. The summed E-state index contributed by atoms with van der Waals surface area (Å²) in [5, 5.41) is 3.12. The Hall–Kier alpha value is -0.590. The summed E-state index contributed by atoms with van der Waals surface area (Å²) in [5.74, 6) is 1.31. The molecule has 0 aliphatic carbocycles. The van der Waals surface area contributed by atoms with Crippen LogP contribution in [0.4, 0.5) is 4.39 Å². The van der Waals surface area contributed by atoms with Crippen LogP contribution in [0.25, 0.3) is 0 Å². The van der Waals surface area contributed by atoms with Crippen LogP contribution < -0.4 is 5.32 Å². The van der Waals surface area contributed by atoms with Gasteiger partial charge in [-0.2, -0.15) is 0 Å². The molecule has 0 saturated carbocycles. The quantitative estimate of drug-likeness (QED) is 0.921. The van der Waals surface area contributed by atoms with Crippen molar-refractivity contribution in [1.82, 2.24) is 10.2 Å². The maximum atomic E-state index is 13.6. The van der Waals surface area contributed by atoms with Gasteiger partial charge in [0.05, 0.1) is 6.04 Å². The Morgan fingerprint density at radius 2 is 2.44 bits per heavy atom. The molecule has 6 heteroatoms. The Labute approximate surface area is 118 Å². The lowest BCUT2D eigenvalue weighted by Crippen LogP contribution is -2.42. The van der Waals surface area contributed by atoms with Gasteiger partial charge in [0.2, 0.25) is 5.91 Å². The number of nitrogens with one attached hydrogen (secondary N) is 1. The van der Waals surface area contributed by atoms with Gasteiger partial charge < -0.3 is 4.90 Å². The second kappa shape index (κ2) is 6.04. The Balaban J connectivity index is 2.03. The van der Waals surface area contributed by atoms with E-state index in [0.29, 0.717) is 5.56 Å². The molecule has 1 unspecified atom stereocenters. The van der Waals surface area contributed by atoms with Gasteiger partial charge in [-0.3, -0.25) is 10.1 Å². The number of amides is 1. The largest absolute Gasteiger partial charge is 0.340 e. The summed E-state index contributed by atoms with van der Waals surface area (Å²) in [6, 6.07) is 4.61. The minimum absolute atomic E-state index is 0.0133. The van der Waals surface area contributed by atoms with E-state index in [1.54, 1.807) is 35.8 Å². The van der Waals surface area contributed by atoms with Crippen LogP contribution in [0, 0.1) is 5.82 Å². The summed E-state index contributed by atoms with van der Waals surface area (Å²) in [5.41, 5.74) is 0.519. The van der Waals surface area contributed by atoms with Crippen molar-refractivity contribution < 1.29 is 9.18 Å². The summed E-state index contributed by atoms with van der Waals surface area (Å²) >= 11 is 5.00. The SMILES string of the molecule is CN(Cc1cc(Br)ccc1F)C(=O)C1CSCN1. The van der Waals surface area contributed by atoms with Gasteiger partial charge in [0.15, 0.2) is 0 Å². The highest BCUT2D eigenvalue weighted by atomic mass is 79.9. The molecule has 0 radical (unpaired) electrons. The number of thioether (sulfide) groups is 1. The first-order valence-corrected chi connectivity index (χ1v) is 7.52. The molecular weight excluding hydrogens is 319 g/mol. The van der Waals surface area contributed by atoms with Crippen molar-refractivity contribution in [2.45, 2.75) is 12.6 Å². The number of rotatable bonds is 3. The minimum Gasteiger partial charge on any atom is -0.340 e. The van der Waals surface area contributed by atoms with Crippen LogP contribution in [0.1, 0.15) is 5.56 Å². The molecule has 0 aromatic heterocycles. The number of carbonyl (C=O) groups is 1. The maximum Gasteiger partial charge on any atom is 0.240 e. The molecule has 0 spiro atoms. The number of hydrogen-bond donors (Lipinski definition) is 1. The maximum absolute atomic E-state index is 13.6. The van der Waals surface area contributed by atoms with E-state index in [2.05, 4.69) is 21.2 Å². The van der Waals surface area contributed by atoms with Gasteiger partial charge >= 0.3 is 0 Å². The van der Waals surface area contributed by atoms with E-state index < -0.39 is 0 Å². The molecule has 2 rings (SSSR count). The normalized spacial score (nSPS) is 18.9. The van der Waals surface area contributed by atoms with E-state index in [4.69, 9.17) is 0 Å². The topological polar surface area (TPSA) is 32.3 Å². The highest BCUT2D eigenvalue weighted by Crippen LogP contribution is 2.18. The number of benzene rings is 1. The Morgan fingerprint density at radius 1 is 1.67 bits per heavy atom. The van der Waals surface area contributed by atoms with Crippen LogP contribution in [0.15, 0.2) is 22.7 Å². The molecule has 1 fully saturated rings. The molecule has 0 bridgehead atoms. The summed E-state index contributed by atoms with van der Waals surface area (Å²) in [4.78, 5) is 13.6. The standard InChI is InChI=1S/C12H14BrFN2OS/c1-16(12(17)11-6-18-7-15-11)5-8-4-9(13)2-3-10(8)14/h2-4,11,15H,5-7H2,1H3. The summed E-state index contributed by atoms with van der Waals surface area (Å²) < 4.78 is 14.4. The van der Waals surface area contributed by atoms with Crippen LogP contribution in [-0.2, 0) is 11.3 Å². The fourth-order valence-corrected chi connectivity index (χ4v) is 3.16. The molecule has 1 heterocycles. The van der Waals surface area contributed by atoms with Crippen LogP contribution in [-0.4, -0.2) is 35.5 Å². The van der Waals surface area contributed by atoms with Crippen LogP contribution in [0.2, 0.25) is 0 Å². The third-order valence-corrected chi connectivity index (χ3v) is 4.24. The lowest BCUT2D eigenvalue weighted by molar-refractivity contribution is -0.131. The first-order valence-electron chi connectivity index (χ1n) is 5.58. The second-order valence-corrected chi connectivity index (χ2v) is 6.15. The Bertz CT molecular complexity index is 452. The number of likely N-dealkylation sites (N-methyl/N-ethyl adjacent to an activating group) is 1. The highest BCUT2D eigenvalue weighted by Gasteiger charge is 2.25. The van der Waals surface area contributed by atoms with E-state index >= 15 is 0 Å². The Kier molecular flexibility index (Phi) is 4.64. The fourth-order valence-electron chi connectivity index (χ4n) is 1.82.